The summed E-state index contributed by atoms with van der Waals surface area (Å²) in [6, 6.07) is 14.7. The molecule has 1 fully saturated rings. The van der Waals surface area contributed by atoms with Crippen molar-refractivity contribution in [2.45, 2.75) is 59.5 Å². The van der Waals surface area contributed by atoms with E-state index in [0.29, 0.717) is 17.4 Å². The van der Waals surface area contributed by atoms with Gasteiger partial charge in [0.2, 0.25) is 0 Å². The summed E-state index contributed by atoms with van der Waals surface area (Å²) in [5, 5.41) is 15.1. The Labute approximate surface area is 221 Å². The molecule has 0 spiro atoms. The molecule has 0 aliphatic heterocycles. The van der Waals surface area contributed by atoms with Crippen molar-refractivity contribution in [3.8, 4) is 0 Å². The van der Waals surface area contributed by atoms with E-state index in [4.69, 9.17) is 9.84 Å². The zero-order valence-electron chi connectivity index (χ0n) is 22.7. The van der Waals surface area contributed by atoms with E-state index in [1.54, 1.807) is 25.1 Å². The van der Waals surface area contributed by atoms with Gasteiger partial charge in [-0.3, -0.25) is 4.79 Å². The number of carbonyl (C=O) groups is 1. The highest BCUT2D eigenvalue weighted by molar-refractivity contribution is 5.70. The summed E-state index contributed by atoms with van der Waals surface area (Å²) in [7, 11) is 1.85. The van der Waals surface area contributed by atoms with Crippen molar-refractivity contribution in [2.24, 2.45) is 11.8 Å². The van der Waals surface area contributed by atoms with Crippen molar-refractivity contribution in [3.63, 3.8) is 0 Å². The molecule has 3 rings (SSSR count). The highest BCUT2D eigenvalue weighted by atomic mass is 19.1. The van der Waals surface area contributed by atoms with Crippen molar-refractivity contribution in [1.29, 1.82) is 0 Å². The number of carboxylic acids is 1. The molecular formula is C31H41FN2O3. The first kappa shape index (κ1) is 29.7. The van der Waals surface area contributed by atoms with E-state index < -0.39 is 12.1 Å². The van der Waals surface area contributed by atoms with Gasteiger partial charge in [0, 0.05) is 12.6 Å². The summed E-state index contributed by atoms with van der Waals surface area (Å²) in [5.41, 5.74) is 5.16. The highest BCUT2D eigenvalue weighted by Crippen LogP contribution is 2.28. The Morgan fingerprint density at radius 3 is 2.30 bits per heavy atom. The van der Waals surface area contributed by atoms with E-state index in [1.165, 1.54) is 18.1 Å². The number of carboxylic acid groups (broad SMARTS) is 1. The second-order valence-electron chi connectivity index (χ2n) is 9.78. The minimum atomic E-state index is -0.605. The van der Waals surface area contributed by atoms with E-state index in [-0.39, 0.29) is 11.7 Å². The third-order valence-electron chi connectivity index (χ3n) is 6.48. The van der Waals surface area contributed by atoms with Gasteiger partial charge in [-0.1, -0.05) is 74.4 Å². The number of hydrogen-bond acceptors (Lipinski definition) is 4. The number of aryl methyl sites for hydroxylation is 1. The zero-order chi connectivity index (χ0) is 27.5. The van der Waals surface area contributed by atoms with Crippen molar-refractivity contribution in [3.05, 3.63) is 101 Å². The molecule has 1 aliphatic carbocycles. The van der Waals surface area contributed by atoms with E-state index >= 15 is 0 Å². The quantitative estimate of drug-likeness (QED) is 0.244. The summed E-state index contributed by atoms with van der Waals surface area (Å²) < 4.78 is 19.8. The van der Waals surface area contributed by atoms with Gasteiger partial charge in [0.15, 0.2) is 5.88 Å². The van der Waals surface area contributed by atoms with Crippen LogP contribution in [0.1, 0.15) is 69.2 Å². The second kappa shape index (κ2) is 14.3. The van der Waals surface area contributed by atoms with E-state index in [0.717, 1.165) is 41.8 Å². The van der Waals surface area contributed by atoms with Crippen molar-refractivity contribution < 1.29 is 19.0 Å². The predicted molar refractivity (Wildman–Crippen MR) is 149 cm³/mol. The van der Waals surface area contributed by atoms with Crippen LogP contribution in [0.25, 0.3) is 5.70 Å². The van der Waals surface area contributed by atoms with Crippen LogP contribution in [0.2, 0.25) is 0 Å². The van der Waals surface area contributed by atoms with Gasteiger partial charge in [0.25, 0.3) is 0 Å². The largest absolute Gasteiger partial charge is 0.481 e. The minimum absolute atomic E-state index is 0.0521. The van der Waals surface area contributed by atoms with Crippen molar-refractivity contribution in [2.75, 3.05) is 7.05 Å². The van der Waals surface area contributed by atoms with Gasteiger partial charge in [0.1, 0.15) is 11.9 Å². The molecule has 200 valence electrons. The average molecular weight is 509 g/mol. The Morgan fingerprint density at radius 1 is 1.14 bits per heavy atom. The third kappa shape index (κ3) is 9.12. The molecule has 3 N–H and O–H groups in total. The average Bonchev–Trinajstić information content (AvgIpc) is 2.85. The zero-order valence-corrected chi connectivity index (χ0v) is 22.7. The van der Waals surface area contributed by atoms with Crippen LogP contribution >= 0.6 is 0 Å². The maximum atomic E-state index is 14.0. The van der Waals surface area contributed by atoms with Crippen LogP contribution in [-0.2, 0) is 9.53 Å². The van der Waals surface area contributed by atoms with E-state index in [9.17, 15) is 9.18 Å². The molecule has 0 aromatic heterocycles. The van der Waals surface area contributed by atoms with Gasteiger partial charge in [-0.15, -0.1) is 0 Å². The third-order valence-corrected chi connectivity index (χ3v) is 6.48. The fourth-order valence-electron chi connectivity index (χ4n) is 4.43. The van der Waals surface area contributed by atoms with Crippen LogP contribution in [0, 0.1) is 24.6 Å². The summed E-state index contributed by atoms with van der Waals surface area (Å²) in [5.74, 6) is -0.0159. The lowest BCUT2D eigenvalue weighted by Crippen LogP contribution is -2.22. The van der Waals surface area contributed by atoms with Crippen molar-refractivity contribution >= 4 is 11.7 Å². The van der Waals surface area contributed by atoms with Crippen molar-refractivity contribution in [1.82, 2.24) is 10.6 Å². The van der Waals surface area contributed by atoms with Gasteiger partial charge in [-0.2, -0.15) is 0 Å². The molecule has 2 aromatic carbocycles. The van der Waals surface area contributed by atoms with Crippen LogP contribution in [0.3, 0.4) is 0 Å². The Morgan fingerprint density at radius 2 is 1.78 bits per heavy atom. The summed E-state index contributed by atoms with van der Waals surface area (Å²) >= 11 is 0. The normalized spacial score (nSPS) is 18.3. The lowest BCUT2D eigenvalue weighted by atomic mass is 9.83. The molecule has 37 heavy (non-hydrogen) atoms. The van der Waals surface area contributed by atoms with Crippen LogP contribution in [0.15, 0.2) is 78.8 Å². The Hall–Kier alpha value is -3.54. The van der Waals surface area contributed by atoms with Gasteiger partial charge < -0.3 is 20.5 Å². The number of aliphatic carboxylic acids is 1. The molecule has 0 heterocycles. The minimum Gasteiger partial charge on any atom is -0.481 e. The maximum Gasteiger partial charge on any atom is 0.306 e. The summed E-state index contributed by atoms with van der Waals surface area (Å²) in [6.07, 6.45) is 3.60. The fourth-order valence-corrected chi connectivity index (χ4v) is 4.43. The maximum absolute atomic E-state index is 14.0. The second-order valence-corrected chi connectivity index (χ2v) is 9.78. The highest BCUT2D eigenvalue weighted by Gasteiger charge is 2.24. The standard InChI is InChI=1S/C23H27FN2O.C8H14O2/c1-15(2)22(23(25-6)19-13-11-16(3)12-14-19)26-18(5)27-17(4)20-9-7-8-10-21(20)24;1-6-3-2-4-7(5-6)8(9)10/h7-14,17,25-26H,1,5H2,2-4,6H3;6-7H,2-5H2,1H3,(H,9,10)/b23-22+;/t;6-,7?/m.0/s1. The number of nitrogens with one attached hydrogen (secondary N) is 2. The molecular weight excluding hydrogens is 467 g/mol. The van der Waals surface area contributed by atoms with E-state index in [2.05, 4.69) is 30.7 Å². The summed E-state index contributed by atoms with van der Waals surface area (Å²) in [6.45, 7) is 15.9. The molecule has 0 amide bonds. The molecule has 5 nitrogen and oxygen atoms in total. The monoisotopic (exact) mass is 508 g/mol. The van der Waals surface area contributed by atoms with E-state index in [1.807, 2.05) is 45.2 Å². The smallest absolute Gasteiger partial charge is 0.306 e. The van der Waals surface area contributed by atoms with Crippen LogP contribution in [0.5, 0.6) is 0 Å². The molecule has 6 heteroatoms. The van der Waals surface area contributed by atoms with Gasteiger partial charge in [-0.05, 0) is 63.3 Å². The lowest BCUT2D eigenvalue weighted by molar-refractivity contribution is -0.143. The topological polar surface area (TPSA) is 70.6 Å². The van der Waals surface area contributed by atoms with Gasteiger partial charge in [0.05, 0.1) is 17.3 Å². The van der Waals surface area contributed by atoms with Crippen LogP contribution in [0.4, 0.5) is 4.39 Å². The Bertz CT molecular complexity index is 1110. The number of halogens is 1. The first-order chi connectivity index (χ1) is 17.5. The predicted octanol–water partition coefficient (Wildman–Crippen LogP) is 7.33. The fraction of sp³-hybridized carbons (Fsp3) is 0.387. The number of allylic oxidation sites excluding steroid dienone is 1. The molecule has 1 aliphatic rings. The number of benzene rings is 2. The lowest BCUT2D eigenvalue weighted by Gasteiger charge is -2.22. The molecule has 2 aromatic rings. The number of hydrogen-bond donors (Lipinski definition) is 3. The number of rotatable bonds is 9. The van der Waals surface area contributed by atoms with Gasteiger partial charge in [-0.25, -0.2) is 4.39 Å². The Kier molecular flexibility index (Phi) is 11.4. The molecule has 0 saturated heterocycles. The van der Waals surface area contributed by atoms with Gasteiger partial charge >= 0.3 is 5.97 Å². The SMILES string of the molecule is C=C(N/C(C(=C)C)=C(/NC)c1ccc(C)cc1)OC(C)c1ccccc1F.C[C@H]1CCCC(C(=O)O)C1. The number of ether oxygens (including phenoxy) is 1. The van der Waals surface area contributed by atoms with Crippen LogP contribution < -0.4 is 10.6 Å². The Balaban J connectivity index is 0.000000402. The molecule has 2 unspecified atom stereocenters. The molecule has 0 radical (unpaired) electrons. The molecule has 0 bridgehead atoms. The first-order valence-electron chi connectivity index (χ1n) is 12.8. The summed E-state index contributed by atoms with van der Waals surface area (Å²) in [4.78, 5) is 10.5. The van der Waals surface area contributed by atoms with Crippen LogP contribution in [-0.4, -0.2) is 18.1 Å². The molecule has 3 atom stereocenters. The molecule has 1 saturated carbocycles. The first-order valence-corrected chi connectivity index (χ1v) is 12.8.